The summed E-state index contributed by atoms with van der Waals surface area (Å²) in [6.07, 6.45) is 6.08. The van der Waals surface area contributed by atoms with Gasteiger partial charge < -0.3 is 9.84 Å². The summed E-state index contributed by atoms with van der Waals surface area (Å²) in [6, 6.07) is 15.8. The molecular weight excluding hydrogens is 461 g/mol. The first-order valence-electron chi connectivity index (χ1n) is 12.3. The average molecular weight is 493 g/mol. The van der Waals surface area contributed by atoms with Gasteiger partial charge in [0.15, 0.2) is 23.2 Å². The predicted molar refractivity (Wildman–Crippen MR) is 138 cm³/mol. The van der Waals surface area contributed by atoms with Crippen LogP contribution in [0, 0.1) is 23.4 Å². The van der Waals surface area contributed by atoms with Gasteiger partial charge in [0.1, 0.15) is 6.61 Å². The molecule has 0 fully saturated rings. The topological polar surface area (TPSA) is 29.5 Å². The first-order chi connectivity index (χ1) is 17.4. The first-order valence-corrected chi connectivity index (χ1v) is 12.3. The van der Waals surface area contributed by atoms with E-state index in [1.807, 2.05) is 30.3 Å². The molecule has 1 N–H and O–H groups in total. The number of hydrogen-bond donors (Lipinski definition) is 1. The molecule has 3 aromatic carbocycles. The molecule has 2 atom stereocenters. The molecule has 188 valence electrons. The van der Waals surface area contributed by atoms with E-state index in [9.17, 15) is 18.3 Å². The van der Waals surface area contributed by atoms with Gasteiger partial charge in [0.05, 0.1) is 6.10 Å². The molecule has 2 nitrogen and oxygen atoms in total. The Morgan fingerprint density at radius 3 is 2.39 bits per heavy atom. The summed E-state index contributed by atoms with van der Waals surface area (Å²) < 4.78 is 49.3. The van der Waals surface area contributed by atoms with E-state index in [2.05, 4.69) is 6.58 Å². The van der Waals surface area contributed by atoms with Gasteiger partial charge in [0, 0.05) is 5.56 Å². The molecule has 0 aliphatic heterocycles. The van der Waals surface area contributed by atoms with Crippen molar-refractivity contribution in [1.29, 1.82) is 0 Å². The smallest absolute Gasteiger partial charge is 0.166 e. The molecule has 0 saturated heterocycles. The fraction of sp³-hybridized carbons (Fsp3) is 0.290. The highest BCUT2D eigenvalue weighted by atomic mass is 19.2. The summed E-state index contributed by atoms with van der Waals surface area (Å²) in [7, 11) is 0. The summed E-state index contributed by atoms with van der Waals surface area (Å²) in [5, 5.41) is 9.76. The predicted octanol–water partition coefficient (Wildman–Crippen LogP) is 7.69. The van der Waals surface area contributed by atoms with Crippen molar-refractivity contribution in [1.82, 2.24) is 0 Å². The molecule has 0 amide bonds. The van der Waals surface area contributed by atoms with Crippen molar-refractivity contribution in [2.45, 2.75) is 45.1 Å². The molecule has 4 rings (SSSR count). The molecule has 36 heavy (non-hydrogen) atoms. The fourth-order valence-electron chi connectivity index (χ4n) is 4.66. The highest BCUT2D eigenvalue weighted by Gasteiger charge is 2.22. The zero-order valence-corrected chi connectivity index (χ0v) is 20.4. The maximum Gasteiger partial charge on any atom is 0.166 e. The van der Waals surface area contributed by atoms with Crippen molar-refractivity contribution in [2.24, 2.45) is 5.92 Å². The monoisotopic (exact) mass is 492 g/mol. The van der Waals surface area contributed by atoms with Crippen LogP contribution in [0.5, 0.6) is 5.75 Å². The van der Waals surface area contributed by atoms with Crippen LogP contribution in [0.1, 0.15) is 42.9 Å². The molecular formula is C31H31F3O2. The molecule has 5 heteroatoms. The Labute approximate surface area is 210 Å². The number of benzene rings is 3. The van der Waals surface area contributed by atoms with Crippen LogP contribution in [0.4, 0.5) is 13.2 Å². The number of ether oxygens (including phenoxy) is 1. The summed E-state index contributed by atoms with van der Waals surface area (Å²) in [6.45, 7) is 5.56. The van der Waals surface area contributed by atoms with Crippen LogP contribution in [-0.4, -0.2) is 17.8 Å². The minimum absolute atomic E-state index is 0.169. The van der Waals surface area contributed by atoms with Crippen molar-refractivity contribution in [3.63, 3.8) is 0 Å². The van der Waals surface area contributed by atoms with Crippen LogP contribution in [0.15, 0.2) is 73.3 Å². The number of allylic oxidation sites excluding steroid dienone is 2. The lowest BCUT2D eigenvalue weighted by molar-refractivity contribution is 0.120. The molecule has 0 saturated carbocycles. The number of aliphatic hydroxyl groups is 1. The van der Waals surface area contributed by atoms with Crippen LogP contribution in [-0.2, 0) is 12.8 Å². The Hall–Kier alpha value is -3.31. The molecule has 0 spiro atoms. The fourth-order valence-corrected chi connectivity index (χ4v) is 4.66. The van der Waals surface area contributed by atoms with Gasteiger partial charge in [0.2, 0.25) is 0 Å². The highest BCUT2D eigenvalue weighted by Crippen LogP contribution is 2.34. The van der Waals surface area contributed by atoms with E-state index in [0.717, 1.165) is 28.7 Å². The van der Waals surface area contributed by atoms with E-state index in [4.69, 9.17) is 4.74 Å². The van der Waals surface area contributed by atoms with Crippen LogP contribution in [0.2, 0.25) is 0 Å². The lowest BCUT2D eigenvalue weighted by Gasteiger charge is -2.24. The number of halogens is 3. The lowest BCUT2D eigenvalue weighted by Crippen LogP contribution is -2.18. The van der Waals surface area contributed by atoms with Crippen LogP contribution in [0.25, 0.3) is 16.7 Å². The van der Waals surface area contributed by atoms with Crippen molar-refractivity contribution in [2.75, 3.05) is 6.61 Å². The molecule has 3 aromatic rings. The molecule has 0 radical (unpaired) electrons. The second-order valence-electron chi connectivity index (χ2n) is 9.35. The Kier molecular flexibility index (Phi) is 8.32. The number of hydrogen-bond acceptors (Lipinski definition) is 2. The van der Waals surface area contributed by atoms with E-state index < -0.39 is 23.6 Å². The van der Waals surface area contributed by atoms with Gasteiger partial charge in [-0.1, -0.05) is 61.2 Å². The lowest BCUT2D eigenvalue weighted by atomic mass is 9.83. The van der Waals surface area contributed by atoms with Crippen molar-refractivity contribution in [3.05, 3.63) is 107 Å². The van der Waals surface area contributed by atoms with E-state index in [1.165, 1.54) is 6.07 Å². The largest absolute Gasteiger partial charge is 0.486 e. The first kappa shape index (κ1) is 25.8. The van der Waals surface area contributed by atoms with Gasteiger partial charge in [-0.15, -0.1) is 0 Å². The third kappa shape index (κ3) is 5.90. The Morgan fingerprint density at radius 2 is 1.75 bits per heavy atom. The third-order valence-corrected chi connectivity index (χ3v) is 6.90. The normalized spacial score (nSPS) is 16.4. The Bertz CT molecular complexity index is 1250. The van der Waals surface area contributed by atoms with Crippen LogP contribution in [0.3, 0.4) is 0 Å². The van der Waals surface area contributed by atoms with Crippen LogP contribution >= 0.6 is 0 Å². The van der Waals surface area contributed by atoms with E-state index in [1.54, 1.807) is 37.3 Å². The van der Waals surface area contributed by atoms with Crippen molar-refractivity contribution >= 4 is 5.57 Å². The van der Waals surface area contributed by atoms with E-state index in [-0.39, 0.29) is 18.3 Å². The SMILES string of the molecule is C=CCOc1ccc(-c2ccc(CCc3ccc(C4=CCC(C(C)O)CC4)c(F)c3F)cc2)cc1F. The number of aliphatic hydroxyl groups excluding tert-OH is 1. The second-order valence-corrected chi connectivity index (χ2v) is 9.35. The van der Waals surface area contributed by atoms with E-state index >= 15 is 0 Å². The van der Waals surface area contributed by atoms with E-state index in [0.29, 0.717) is 36.8 Å². The second kappa shape index (κ2) is 11.6. The average Bonchev–Trinajstić information content (AvgIpc) is 2.89. The van der Waals surface area contributed by atoms with Gasteiger partial charge in [0.25, 0.3) is 0 Å². The minimum Gasteiger partial charge on any atom is -0.486 e. The van der Waals surface area contributed by atoms with Crippen molar-refractivity contribution < 1.29 is 23.0 Å². The summed E-state index contributed by atoms with van der Waals surface area (Å²) >= 11 is 0. The minimum atomic E-state index is -0.799. The van der Waals surface area contributed by atoms with Gasteiger partial charge in [-0.3, -0.25) is 0 Å². The summed E-state index contributed by atoms with van der Waals surface area (Å²) in [5.74, 6) is -1.68. The third-order valence-electron chi connectivity index (χ3n) is 6.90. The summed E-state index contributed by atoms with van der Waals surface area (Å²) in [4.78, 5) is 0. The van der Waals surface area contributed by atoms with Gasteiger partial charge >= 0.3 is 0 Å². The molecule has 0 aromatic heterocycles. The van der Waals surface area contributed by atoms with Gasteiger partial charge in [-0.2, -0.15) is 0 Å². The van der Waals surface area contributed by atoms with Crippen LogP contribution < -0.4 is 4.74 Å². The standard InChI is InChI=1S/C31H31F3O2/c1-3-18-36-29-17-15-26(19-28(29)32)23-7-4-21(5-8-23)6-9-25-14-16-27(31(34)30(25)33)24-12-10-22(11-13-24)20(2)35/h3-5,7-8,12,14-17,19-20,22,35H,1,6,9-11,13,18H2,2H3. The summed E-state index contributed by atoms with van der Waals surface area (Å²) in [5.41, 5.74) is 4.03. The maximum atomic E-state index is 14.9. The molecule has 1 aliphatic rings. The zero-order chi connectivity index (χ0) is 25.7. The Balaban J connectivity index is 1.41. The zero-order valence-electron chi connectivity index (χ0n) is 20.4. The quantitative estimate of drug-likeness (QED) is 0.310. The molecule has 1 aliphatic carbocycles. The molecule has 0 bridgehead atoms. The molecule has 2 unspecified atom stereocenters. The van der Waals surface area contributed by atoms with Gasteiger partial charge in [-0.05, 0) is 84.9 Å². The number of aryl methyl sites for hydroxylation is 2. The van der Waals surface area contributed by atoms with Gasteiger partial charge in [-0.25, -0.2) is 13.2 Å². The maximum absolute atomic E-state index is 14.9. The molecule has 0 heterocycles. The Morgan fingerprint density at radius 1 is 1.00 bits per heavy atom. The number of rotatable bonds is 9. The highest BCUT2D eigenvalue weighted by molar-refractivity contribution is 5.67. The van der Waals surface area contributed by atoms with Crippen molar-refractivity contribution in [3.8, 4) is 16.9 Å².